The molecule has 0 aromatic carbocycles. The van der Waals surface area contributed by atoms with Crippen molar-refractivity contribution in [3.63, 3.8) is 0 Å². The summed E-state index contributed by atoms with van der Waals surface area (Å²) in [5.41, 5.74) is 0.188. The Morgan fingerprint density at radius 2 is 2.20 bits per heavy atom. The summed E-state index contributed by atoms with van der Waals surface area (Å²) in [6, 6.07) is 2.54. The van der Waals surface area contributed by atoms with Gasteiger partial charge < -0.3 is 14.8 Å². The largest absolute Gasteiger partial charge is 0.480 e. The van der Waals surface area contributed by atoms with Crippen molar-refractivity contribution < 1.29 is 19.1 Å². The van der Waals surface area contributed by atoms with Gasteiger partial charge in [0.1, 0.15) is 11.7 Å². The summed E-state index contributed by atoms with van der Waals surface area (Å²) in [6.07, 6.45) is 1.52. The van der Waals surface area contributed by atoms with Crippen LogP contribution in [0.5, 0.6) is 0 Å². The van der Waals surface area contributed by atoms with E-state index in [1.165, 1.54) is 17.6 Å². The number of hydrogen-bond acceptors (Lipinski definition) is 5. The van der Waals surface area contributed by atoms with E-state index in [4.69, 9.17) is 9.52 Å². The fourth-order valence-electron chi connectivity index (χ4n) is 1.62. The van der Waals surface area contributed by atoms with E-state index in [0.29, 0.717) is 10.8 Å². The zero-order valence-corrected chi connectivity index (χ0v) is 11.8. The van der Waals surface area contributed by atoms with Crippen LogP contribution in [0.15, 0.2) is 28.2 Å². The highest BCUT2D eigenvalue weighted by molar-refractivity contribution is 7.13. The number of carboxylic acids is 1. The number of carboxylic acid groups (broad SMARTS) is 1. The summed E-state index contributed by atoms with van der Waals surface area (Å²) < 4.78 is 5.19. The maximum absolute atomic E-state index is 12.0. The SMILES string of the molecule is CC(C)[C@@H](NC(=O)c1csc(-c2ccco2)n1)C(=O)O. The Balaban J connectivity index is 2.12. The highest BCUT2D eigenvalue weighted by Gasteiger charge is 2.25. The zero-order chi connectivity index (χ0) is 14.7. The van der Waals surface area contributed by atoms with Crippen molar-refractivity contribution in [3.05, 3.63) is 29.5 Å². The van der Waals surface area contributed by atoms with Crippen molar-refractivity contribution in [1.29, 1.82) is 0 Å². The summed E-state index contributed by atoms with van der Waals surface area (Å²) >= 11 is 1.27. The fourth-order valence-corrected chi connectivity index (χ4v) is 2.39. The molecule has 0 spiro atoms. The molecule has 0 unspecified atom stereocenters. The van der Waals surface area contributed by atoms with Crippen LogP contribution in [0.4, 0.5) is 0 Å². The van der Waals surface area contributed by atoms with Gasteiger partial charge in [0.25, 0.3) is 5.91 Å². The van der Waals surface area contributed by atoms with E-state index in [-0.39, 0.29) is 11.6 Å². The molecule has 0 aliphatic heterocycles. The zero-order valence-electron chi connectivity index (χ0n) is 11.0. The number of carbonyl (C=O) groups excluding carboxylic acids is 1. The molecular weight excluding hydrogens is 280 g/mol. The molecule has 6 nitrogen and oxygen atoms in total. The highest BCUT2D eigenvalue weighted by Crippen LogP contribution is 2.23. The van der Waals surface area contributed by atoms with Crippen molar-refractivity contribution in [2.24, 2.45) is 5.92 Å². The molecule has 0 aliphatic carbocycles. The Hall–Kier alpha value is -2.15. The Bertz CT molecular complexity index is 604. The number of hydrogen-bond donors (Lipinski definition) is 2. The molecule has 0 bridgehead atoms. The minimum absolute atomic E-state index is 0.188. The van der Waals surface area contributed by atoms with Crippen molar-refractivity contribution in [3.8, 4) is 10.8 Å². The normalized spacial score (nSPS) is 12.3. The average Bonchev–Trinajstić information content (AvgIpc) is 3.04. The second-order valence-corrected chi connectivity index (χ2v) is 5.41. The van der Waals surface area contributed by atoms with Crippen LogP contribution in [0.3, 0.4) is 0 Å². The molecule has 2 heterocycles. The third kappa shape index (κ3) is 3.05. The van der Waals surface area contributed by atoms with Crippen LogP contribution < -0.4 is 5.32 Å². The third-order valence-electron chi connectivity index (χ3n) is 2.69. The first-order chi connectivity index (χ1) is 9.49. The summed E-state index contributed by atoms with van der Waals surface area (Å²) in [4.78, 5) is 27.2. The molecule has 2 rings (SSSR count). The number of furan rings is 1. The number of nitrogens with one attached hydrogen (secondary N) is 1. The molecular formula is C13H14N2O4S. The number of carbonyl (C=O) groups is 2. The van der Waals surface area contributed by atoms with Crippen LogP contribution in [0.25, 0.3) is 10.8 Å². The molecule has 1 atom stereocenters. The van der Waals surface area contributed by atoms with Gasteiger partial charge in [-0.2, -0.15) is 0 Å². The number of rotatable bonds is 5. The summed E-state index contributed by atoms with van der Waals surface area (Å²) in [5.74, 6) is -1.19. The van der Waals surface area contributed by atoms with Crippen molar-refractivity contribution in [2.75, 3.05) is 0 Å². The Morgan fingerprint density at radius 3 is 2.75 bits per heavy atom. The van der Waals surface area contributed by atoms with Crippen LogP contribution >= 0.6 is 11.3 Å². The van der Waals surface area contributed by atoms with Crippen molar-refractivity contribution in [2.45, 2.75) is 19.9 Å². The minimum Gasteiger partial charge on any atom is -0.480 e. The summed E-state index contributed by atoms with van der Waals surface area (Å²) in [6.45, 7) is 3.46. The van der Waals surface area contributed by atoms with E-state index in [9.17, 15) is 9.59 Å². The lowest BCUT2D eigenvalue weighted by Gasteiger charge is -2.16. The second kappa shape index (κ2) is 5.87. The Labute approximate surface area is 119 Å². The number of amides is 1. The van der Waals surface area contributed by atoms with Crippen LogP contribution in [0.1, 0.15) is 24.3 Å². The van der Waals surface area contributed by atoms with Gasteiger partial charge in [0, 0.05) is 5.38 Å². The highest BCUT2D eigenvalue weighted by atomic mass is 32.1. The smallest absolute Gasteiger partial charge is 0.326 e. The lowest BCUT2D eigenvalue weighted by molar-refractivity contribution is -0.140. The van der Waals surface area contributed by atoms with Gasteiger partial charge in [0.2, 0.25) is 0 Å². The maximum atomic E-state index is 12.0. The van der Waals surface area contributed by atoms with E-state index in [1.807, 2.05) is 0 Å². The fraction of sp³-hybridized carbons (Fsp3) is 0.308. The second-order valence-electron chi connectivity index (χ2n) is 4.55. The van der Waals surface area contributed by atoms with Gasteiger partial charge >= 0.3 is 5.97 Å². The molecule has 7 heteroatoms. The molecule has 2 aromatic heterocycles. The minimum atomic E-state index is -1.06. The molecule has 0 aliphatic rings. The summed E-state index contributed by atoms with van der Waals surface area (Å²) in [7, 11) is 0. The lowest BCUT2D eigenvalue weighted by atomic mass is 10.0. The molecule has 2 N–H and O–H groups in total. The van der Waals surface area contributed by atoms with Crippen LogP contribution in [0, 0.1) is 5.92 Å². The predicted octanol–water partition coefficient (Wildman–Crippen LogP) is 2.24. The monoisotopic (exact) mass is 294 g/mol. The molecule has 0 radical (unpaired) electrons. The van der Waals surface area contributed by atoms with E-state index < -0.39 is 17.9 Å². The van der Waals surface area contributed by atoms with E-state index >= 15 is 0 Å². The first kappa shape index (κ1) is 14.3. The topological polar surface area (TPSA) is 92.4 Å². The first-order valence-electron chi connectivity index (χ1n) is 6.02. The van der Waals surface area contributed by atoms with Gasteiger partial charge in [-0.05, 0) is 18.1 Å². The molecule has 0 saturated heterocycles. The molecule has 1 amide bonds. The Morgan fingerprint density at radius 1 is 1.45 bits per heavy atom. The number of aliphatic carboxylic acids is 1. The summed E-state index contributed by atoms with van der Waals surface area (Å²) in [5, 5.41) is 13.7. The standard InChI is InChI=1S/C13H14N2O4S/c1-7(2)10(13(17)18)15-11(16)8-6-20-12(14-8)9-4-3-5-19-9/h3-7,10H,1-2H3,(H,15,16)(H,17,18)/t10-/m1/s1. The van der Waals surface area contributed by atoms with Gasteiger partial charge in [-0.15, -0.1) is 11.3 Å². The Kier molecular flexibility index (Phi) is 4.19. The van der Waals surface area contributed by atoms with Crippen LogP contribution in [-0.2, 0) is 4.79 Å². The quantitative estimate of drug-likeness (QED) is 0.882. The molecule has 0 fully saturated rings. The number of nitrogens with zero attached hydrogens (tertiary/aromatic N) is 1. The lowest BCUT2D eigenvalue weighted by Crippen LogP contribution is -2.44. The van der Waals surface area contributed by atoms with E-state index in [2.05, 4.69) is 10.3 Å². The van der Waals surface area contributed by atoms with E-state index in [0.717, 1.165) is 0 Å². The van der Waals surface area contributed by atoms with Crippen LogP contribution in [0.2, 0.25) is 0 Å². The number of thiazole rings is 1. The molecule has 0 saturated carbocycles. The molecule has 106 valence electrons. The first-order valence-corrected chi connectivity index (χ1v) is 6.90. The molecule has 2 aromatic rings. The molecule has 20 heavy (non-hydrogen) atoms. The van der Waals surface area contributed by atoms with Gasteiger partial charge in [-0.1, -0.05) is 13.8 Å². The van der Waals surface area contributed by atoms with Gasteiger partial charge in [-0.25, -0.2) is 9.78 Å². The predicted molar refractivity (Wildman–Crippen MR) is 73.5 cm³/mol. The van der Waals surface area contributed by atoms with Crippen molar-refractivity contribution in [1.82, 2.24) is 10.3 Å². The van der Waals surface area contributed by atoms with Gasteiger partial charge in [0.15, 0.2) is 10.8 Å². The average molecular weight is 294 g/mol. The maximum Gasteiger partial charge on any atom is 0.326 e. The number of aromatic nitrogens is 1. The van der Waals surface area contributed by atoms with Gasteiger partial charge in [0.05, 0.1) is 6.26 Å². The third-order valence-corrected chi connectivity index (χ3v) is 3.54. The van der Waals surface area contributed by atoms with Crippen LogP contribution in [-0.4, -0.2) is 28.0 Å². The van der Waals surface area contributed by atoms with E-state index in [1.54, 1.807) is 31.4 Å². The van der Waals surface area contributed by atoms with Gasteiger partial charge in [-0.3, -0.25) is 4.79 Å². The van der Waals surface area contributed by atoms with Crippen molar-refractivity contribution >= 4 is 23.2 Å².